The summed E-state index contributed by atoms with van der Waals surface area (Å²) in [6.45, 7) is 1.64. The van der Waals surface area contributed by atoms with Gasteiger partial charge in [0.2, 0.25) is 0 Å². The predicted molar refractivity (Wildman–Crippen MR) is 102 cm³/mol. The van der Waals surface area contributed by atoms with Gasteiger partial charge in [0.15, 0.2) is 0 Å². The maximum atomic E-state index is 13.0. The number of hydrogen-bond donors (Lipinski definition) is 1. The van der Waals surface area contributed by atoms with E-state index in [0.29, 0.717) is 6.04 Å². The Bertz CT molecular complexity index is 665. The summed E-state index contributed by atoms with van der Waals surface area (Å²) >= 11 is 1.65. The van der Waals surface area contributed by atoms with Crippen LogP contribution in [0, 0.1) is 0 Å². The van der Waals surface area contributed by atoms with Crippen LogP contribution >= 0.6 is 24.2 Å². The van der Waals surface area contributed by atoms with E-state index in [2.05, 4.69) is 17.4 Å². The molecular formula is C19H23ClN2OS. The average Bonchev–Trinajstić information content (AvgIpc) is 2.62. The van der Waals surface area contributed by atoms with Crippen LogP contribution in [-0.4, -0.2) is 37.0 Å². The quantitative estimate of drug-likeness (QED) is 0.889. The molecular weight excluding hydrogens is 340 g/mol. The van der Waals surface area contributed by atoms with Crippen LogP contribution in [0.4, 0.5) is 0 Å². The van der Waals surface area contributed by atoms with Crippen molar-refractivity contribution in [3.05, 3.63) is 60.2 Å². The summed E-state index contributed by atoms with van der Waals surface area (Å²) in [7, 11) is 1.97. The topological polar surface area (TPSA) is 32.3 Å². The molecule has 0 bridgehead atoms. The zero-order chi connectivity index (χ0) is 16.1. The molecule has 0 spiro atoms. The Labute approximate surface area is 154 Å². The van der Waals surface area contributed by atoms with Gasteiger partial charge in [-0.25, -0.2) is 0 Å². The summed E-state index contributed by atoms with van der Waals surface area (Å²) in [5.41, 5.74) is 0.804. The Kier molecular flexibility index (Phi) is 7.16. The third-order valence-electron chi connectivity index (χ3n) is 4.21. The van der Waals surface area contributed by atoms with Gasteiger partial charge in [-0.3, -0.25) is 4.79 Å². The van der Waals surface area contributed by atoms with Crippen molar-refractivity contribution in [2.45, 2.75) is 28.7 Å². The van der Waals surface area contributed by atoms with Crippen molar-refractivity contribution in [2.75, 3.05) is 20.1 Å². The maximum Gasteiger partial charge on any atom is 0.255 e. The molecule has 3 rings (SSSR count). The van der Waals surface area contributed by atoms with E-state index in [4.69, 9.17) is 0 Å². The van der Waals surface area contributed by atoms with Crippen LogP contribution in [0.25, 0.3) is 0 Å². The predicted octanol–water partition coefficient (Wildman–Crippen LogP) is 4.08. The molecule has 1 aliphatic heterocycles. The second-order valence-corrected chi connectivity index (χ2v) is 6.91. The van der Waals surface area contributed by atoms with E-state index in [9.17, 15) is 4.79 Å². The van der Waals surface area contributed by atoms with Crippen molar-refractivity contribution < 1.29 is 4.79 Å². The molecule has 2 aromatic carbocycles. The molecule has 24 heavy (non-hydrogen) atoms. The van der Waals surface area contributed by atoms with E-state index in [-0.39, 0.29) is 18.3 Å². The van der Waals surface area contributed by atoms with Crippen molar-refractivity contribution >= 4 is 30.1 Å². The van der Waals surface area contributed by atoms with E-state index in [0.717, 1.165) is 41.3 Å². The number of rotatable bonds is 4. The van der Waals surface area contributed by atoms with E-state index >= 15 is 0 Å². The second-order valence-electron chi connectivity index (χ2n) is 5.79. The molecule has 2 aromatic rings. The molecule has 0 saturated carbocycles. The Morgan fingerprint density at radius 2 is 1.83 bits per heavy atom. The lowest BCUT2D eigenvalue weighted by Crippen LogP contribution is -2.47. The smallest absolute Gasteiger partial charge is 0.255 e. The molecule has 1 N–H and O–H groups in total. The summed E-state index contributed by atoms with van der Waals surface area (Å²) in [5, 5.41) is 3.30. The highest BCUT2D eigenvalue weighted by atomic mass is 35.5. The first-order chi connectivity index (χ1) is 11.3. The van der Waals surface area contributed by atoms with Crippen LogP contribution in [0.5, 0.6) is 0 Å². The zero-order valence-electron chi connectivity index (χ0n) is 13.8. The van der Waals surface area contributed by atoms with Crippen LogP contribution < -0.4 is 5.32 Å². The monoisotopic (exact) mass is 362 g/mol. The zero-order valence-corrected chi connectivity index (χ0v) is 15.4. The number of halogens is 1. The van der Waals surface area contributed by atoms with Gasteiger partial charge >= 0.3 is 0 Å². The molecule has 1 unspecified atom stereocenters. The molecule has 128 valence electrons. The normalized spacial score (nSPS) is 17.2. The van der Waals surface area contributed by atoms with Crippen molar-refractivity contribution in [3.63, 3.8) is 0 Å². The van der Waals surface area contributed by atoms with Crippen LogP contribution in [0.1, 0.15) is 23.2 Å². The standard InChI is InChI=1S/C19H22N2OS.ClH/c1-20-15-8-7-13-21(14-15)19(22)17-11-5-6-12-18(17)23-16-9-3-2-4-10-16;/h2-6,9-12,15,20H,7-8,13-14H2,1H3;1H. The molecule has 0 radical (unpaired) electrons. The largest absolute Gasteiger partial charge is 0.337 e. The summed E-state index contributed by atoms with van der Waals surface area (Å²) < 4.78 is 0. The molecule has 1 amide bonds. The van der Waals surface area contributed by atoms with Gasteiger partial charge < -0.3 is 10.2 Å². The molecule has 1 heterocycles. The first kappa shape index (κ1) is 18.8. The van der Waals surface area contributed by atoms with Crippen LogP contribution in [0.15, 0.2) is 64.4 Å². The third-order valence-corrected chi connectivity index (χ3v) is 5.29. The molecule has 0 aliphatic carbocycles. The SMILES string of the molecule is CNC1CCCN(C(=O)c2ccccc2Sc2ccccc2)C1.Cl. The van der Waals surface area contributed by atoms with Gasteiger partial charge in [0.05, 0.1) is 5.56 Å². The summed E-state index contributed by atoms with van der Waals surface area (Å²) in [5.74, 6) is 0.143. The number of amides is 1. The summed E-state index contributed by atoms with van der Waals surface area (Å²) in [6, 6.07) is 18.5. The van der Waals surface area contributed by atoms with E-state index < -0.39 is 0 Å². The highest BCUT2D eigenvalue weighted by Crippen LogP contribution is 2.31. The lowest BCUT2D eigenvalue weighted by molar-refractivity contribution is 0.0694. The average molecular weight is 363 g/mol. The van der Waals surface area contributed by atoms with Gasteiger partial charge in [0, 0.05) is 28.9 Å². The van der Waals surface area contributed by atoms with E-state index in [1.165, 1.54) is 0 Å². The number of likely N-dealkylation sites (N-methyl/N-ethyl adjacent to an activating group) is 1. The maximum absolute atomic E-state index is 13.0. The summed E-state index contributed by atoms with van der Waals surface area (Å²) in [4.78, 5) is 17.1. The first-order valence-corrected chi connectivity index (χ1v) is 8.88. The lowest BCUT2D eigenvalue weighted by atomic mass is 10.0. The Balaban J connectivity index is 0.00000208. The highest BCUT2D eigenvalue weighted by Gasteiger charge is 2.25. The van der Waals surface area contributed by atoms with Crippen molar-refractivity contribution in [3.8, 4) is 0 Å². The summed E-state index contributed by atoms with van der Waals surface area (Å²) in [6.07, 6.45) is 2.20. The fourth-order valence-electron chi connectivity index (χ4n) is 2.92. The van der Waals surface area contributed by atoms with E-state index in [1.54, 1.807) is 11.8 Å². The van der Waals surface area contributed by atoms with Crippen LogP contribution in [-0.2, 0) is 0 Å². The van der Waals surface area contributed by atoms with Crippen LogP contribution in [0.3, 0.4) is 0 Å². The Morgan fingerprint density at radius 3 is 2.58 bits per heavy atom. The van der Waals surface area contributed by atoms with Crippen molar-refractivity contribution in [2.24, 2.45) is 0 Å². The van der Waals surface area contributed by atoms with Gasteiger partial charge in [0.25, 0.3) is 5.91 Å². The number of benzene rings is 2. The number of hydrogen-bond acceptors (Lipinski definition) is 3. The van der Waals surface area contributed by atoms with E-state index in [1.807, 2.05) is 54.4 Å². The minimum Gasteiger partial charge on any atom is -0.337 e. The molecule has 3 nitrogen and oxygen atoms in total. The fraction of sp³-hybridized carbons (Fsp3) is 0.316. The molecule has 1 saturated heterocycles. The Morgan fingerprint density at radius 1 is 1.12 bits per heavy atom. The van der Waals surface area contributed by atoms with Gasteiger partial charge in [-0.05, 0) is 44.2 Å². The highest BCUT2D eigenvalue weighted by molar-refractivity contribution is 7.99. The lowest BCUT2D eigenvalue weighted by Gasteiger charge is -2.33. The minimum absolute atomic E-state index is 0. The third kappa shape index (κ3) is 4.53. The minimum atomic E-state index is 0. The number of carbonyl (C=O) groups is 1. The van der Waals surface area contributed by atoms with Gasteiger partial charge in [0.1, 0.15) is 0 Å². The van der Waals surface area contributed by atoms with Crippen molar-refractivity contribution in [1.82, 2.24) is 10.2 Å². The number of nitrogens with zero attached hydrogens (tertiary/aromatic N) is 1. The second kappa shape index (κ2) is 9.11. The number of nitrogens with one attached hydrogen (secondary N) is 1. The molecule has 1 atom stereocenters. The molecule has 1 fully saturated rings. The fourth-order valence-corrected chi connectivity index (χ4v) is 3.87. The van der Waals surface area contributed by atoms with Gasteiger partial charge in [-0.15, -0.1) is 12.4 Å². The first-order valence-electron chi connectivity index (χ1n) is 8.06. The van der Waals surface area contributed by atoms with Crippen LogP contribution in [0.2, 0.25) is 0 Å². The Hall–Kier alpha value is -1.49. The molecule has 1 aliphatic rings. The van der Waals surface area contributed by atoms with Gasteiger partial charge in [-0.1, -0.05) is 42.1 Å². The molecule has 0 aromatic heterocycles. The number of piperidine rings is 1. The van der Waals surface area contributed by atoms with Crippen molar-refractivity contribution in [1.29, 1.82) is 0 Å². The molecule has 5 heteroatoms. The number of likely N-dealkylation sites (tertiary alicyclic amines) is 1. The number of carbonyl (C=O) groups excluding carboxylic acids is 1. The van der Waals surface area contributed by atoms with Gasteiger partial charge in [-0.2, -0.15) is 0 Å².